The average Bonchev–Trinajstić information content (AvgIpc) is 3.27. The molecule has 1 unspecified atom stereocenters. The molecule has 0 aliphatic carbocycles. The van der Waals surface area contributed by atoms with Crippen LogP contribution in [0.15, 0.2) is 78.9 Å². The molecule has 0 radical (unpaired) electrons. The topological polar surface area (TPSA) is 3.24 Å². The van der Waals surface area contributed by atoms with Crippen LogP contribution in [-0.2, 0) is 22.4 Å². The van der Waals surface area contributed by atoms with E-state index in [1.165, 1.54) is 16.4 Å². The van der Waals surface area contributed by atoms with Crippen LogP contribution in [0.4, 0.5) is 0 Å². The van der Waals surface area contributed by atoms with Crippen molar-refractivity contribution in [2.45, 2.75) is 18.3 Å². The Balaban J connectivity index is 0.000000412. The van der Waals surface area contributed by atoms with Crippen LogP contribution in [0.5, 0.6) is 0 Å². The van der Waals surface area contributed by atoms with Gasteiger partial charge in [0.25, 0.3) is 0 Å². The summed E-state index contributed by atoms with van der Waals surface area (Å²) in [5.74, 6) is 0. The Bertz CT molecular complexity index is 626. The Morgan fingerprint density at radius 2 is 1.67 bits per heavy atom. The number of hydrogen-bond donors (Lipinski definition) is 0. The first-order chi connectivity index (χ1) is 11.2. The summed E-state index contributed by atoms with van der Waals surface area (Å²) >= 11 is 0.532. The van der Waals surface area contributed by atoms with Crippen molar-refractivity contribution in [1.82, 2.24) is 4.90 Å². The zero-order valence-electron chi connectivity index (χ0n) is 14.5. The molecule has 24 heavy (non-hydrogen) atoms. The second-order valence-electron chi connectivity index (χ2n) is 5.72. The molecule has 0 spiro atoms. The minimum atomic E-state index is 0. The van der Waals surface area contributed by atoms with Crippen LogP contribution in [-0.4, -0.2) is 34.0 Å². The van der Waals surface area contributed by atoms with Crippen LogP contribution in [0, 0.1) is 0 Å². The maximum atomic E-state index is 2.29. The van der Waals surface area contributed by atoms with Gasteiger partial charge in [-0.25, -0.2) is 12.1 Å². The Morgan fingerprint density at radius 1 is 1.00 bits per heavy atom. The first-order valence-electron chi connectivity index (χ1n) is 7.94. The van der Waals surface area contributed by atoms with E-state index in [4.69, 9.17) is 0 Å². The van der Waals surface area contributed by atoms with E-state index in [0.717, 1.165) is 0 Å². The molecule has 1 atom stereocenters. The summed E-state index contributed by atoms with van der Waals surface area (Å²) in [5, 5.41) is 1.19. The van der Waals surface area contributed by atoms with E-state index in [1.807, 2.05) is 30.3 Å². The molecular weight excluding hydrogens is 401 g/mol. The molecule has 3 aromatic carbocycles. The minimum absolute atomic E-state index is 0. The van der Waals surface area contributed by atoms with Crippen molar-refractivity contribution < 1.29 is 17.1 Å². The fourth-order valence-electron chi connectivity index (χ4n) is 2.23. The molecule has 0 saturated carbocycles. The fourth-order valence-corrected chi connectivity index (χ4v) is 4.53. The molecular formula is C21H25FeNSe. The minimum Gasteiger partial charge on any atom is -0.214 e. The van der Waals surface area contributed by atoms with Gasteiger partial charge in [-0.3, -0.25) is 0 Å². The molecule has 0 saturated heterocycles. The van der Waals surface area contributed by atoms with Crippen LogP contribution in [0.1, 0.15) is 24.1 Å². The van der Waals surface area contributed by atoms with E-state index >= 15 is 0 Å². The van der Waals surface area contributed by atoms with Crippen molar-refractivity contribution in [3.63, 3.8) is 0 Å². The standard InChI is InChI=1S/C16H20NSe.C5H5.Fe/c1-13(17(2)3)15-10-7-11-16(15)18-12-14-8-5-4-6-9-14;1-2-4-5-3-1;/h4-11,13H,12H2,1-3H3;1-5H;/q2*-1;+2. The van der Waals surface area contributed by atoms with E-state index in [1.54, 1.807) is 4.46 Å². The van der Waals surface area contributed by atoms with Gasteiger partial charge in [0.05, 0.1) is 0 Å². The predicted molar refractivity (Wildman–Crippen MR) is 102 cm³/mol. The Hall–Kier alpha value is -1.08. The van der Waals surface area contributed by atoms with Gasteiger partial charge in [-0.1, -0.05) is 0 Å². The third kappa shape index (κ3) is 6.81. The molecule has 0 aliphatic heterocycles. The normalized spacial score (nSPS) is 11.3. The molecule has 3 rings (SSSR count). The molecule has 0 bridgehead atoms. The predicted octanol–water partition coefficient (Wildman–Crippen LogP) is 3.96. The van der Waals surface area contributed by atoms with Crippen molar-refractivity contribution in [3.05, 3.63) is 90.0 Å². The summed E-state index contributed by atoms with van der Waals surface area (Å²) in [6.07, 6.45) is 0. The fraction of sp³-hybridized carbons (Fsp3) is 0.238. The molecule has 1 nitrogen and oxygen atoms in total. The van der Waals surface area contributed by atoms with Crippen molar-refractivity contribution in [1.29, 1.82) is 0 Å². The molecule has 0 aromatic heterocycles. The van der Waals surface area contributed by atoms with Gasteiger partial charge in [-0.05, 0) is 0 Å². The van der Waals surface area contributed by atoms with Crippen molar-refractivity contribution in [2.24, 2.45) is 0 Å². The molecule has 0 amide bonds. The second-order valence-corrected chi connectivity index (χ2v) is 7.86. The number of rotatable bonds is 5. The van der Waals surface area contributed by atoms with E-state index in [0.29, 0.717) is 21.0 Å². The van der Waals surface area contributed by atoms with Crippen LogP contribution >= 0.6 is 0 Å². The SMILES string of the molecule is CC([c-]1cccc1[Se]Cc1ccccc1)N(C)C.[Fe+2].c1cc[cH-]c1. The third-order valence-corrected chi connectivity index (χ3v) is 6.26. The van der Waals surface area contributed by atoms with Gasteiger partial charge in [0, 0.05) is 0 Å². The summed E-state index contributed by atoms with van der Waals surface area (Å²) in [6.45, 7) is 2.28. The van der Waals surface area contributed by atoms with E-state index in [9.17, 15) is 0 Å². The molecule has 0 N–H and O–H groups in total. The van der Waals surface area contributed by atoms with Gasteiger partial charge in [0.2, 0.25) is 0 Å². The molecule has 0 aliphatic rings. The maximum absolute atomic E-state index is 2.29. The Kier molecular flexibility index (Phi) is 10.0. The van der Waals surface area contributed by atoms with Gasteiger partial charge < -0.3 is 0 Å². The van der Waals surface area contributed by atoms with E-state index in [-0.39, 0.29) is 17.1 Å². The van der Waals surface area contributed by atoms with Crippen LogP contribution in [0.2, 0.25) is 0 Å². The zero-order chi connectivity index (χ0) is 16.5. The number of nitrogens with zero attached hydrogens (tertiary/aromatic N) is 1. The Morgan fingerprint density at radius 3 is 2.21 bits per heavy atom. The third-order valence-electron chi connectivity index (χ3n) is 3.83. The summed E-state index contributed by atoms with van der Waals surface area (Å²) in [4.78, 5) is 2.28. The van der Waals surface area contributed by atoms with Gasteiger partial charge >= 0.3 is 133 Å². The molecule has 0 heterocycles. The van der Waals surface area contributed by atoms with Gasteiger partial charge in [-0.2, -0.15) is 18.2 Å². The largest absolute Gasteiger partial charge is 2.00 e. The van der Waals surface area contributed by atoms with Gasteiger partial charge in [-0.15, -0.1) is 0 Å². The molecule has 0 fully saturated rings. The zero-order valence-corrected chi connectivity index (χ0v) is 17.3. The number of hydrogen-bond acceptors (Lipinski definition) is 1. The average molecular weight is 426 g/mol. The quantitative estimate of drug-likeness (QED) is 0.441. The summed E-state index contributed by atoms with van der Waals surface area (Å²) < 4.78 is 1.55. The molecule has 3 aromatic rings. The van der Waals surface area contributed by atoms with Gasteiger partial charge in [0.1, 0.15) is 0 Å². The van der Waals surface area contributed by atoms with Crippen LogP contribution in [0.25, 0.3) is 0 Å². The summed E-state index contributed by atoms with van der Waals surface area (Å²) in [7, 11) is 4.29. The first-order valence-corrected chi connectivity index (χ1v) is 10.0. The molecule has 128 valence electrons. The summed E-state index contributed by atoms with van der Waals surface area (Å²) in [5.41, 5.74) is 2.94. The van der Waals surface area contributed by atoms with Crippen molar-refractivity contribution >= 4 is 19.4 Å². The summed E-state index contributed by atoms with van der Waals surface area (Å²) in [6, 6.07) is 28.0. The van der Waals surface area contributed by atoms with Crippen molar-refractivity contribution in [3.8, 4) is 0 Å². The van der Waals surface area contributed by atoms with Gasteiger partial charge in [0.15, 0.2) is 0 Å². The number of benzene rings is 1. The maximum Gasteiger partial charge on any atom is 2.00 e. The van der Waals surface area contributed by atoms with E-state index < -0.39 is 0 Å². The molecule has 3 heteroatoms. The smallest absolute Gasteiger partial charge is 0.214 e. The second kappa shape index (κ2) is 11.5. The Labute approximate surface area is 163 Å². The van der Waals surface area contributed by atoms with Crippen LogP contribution < -0.4 is 4.46 Å². The monoisotopic (exact) mass is 427 g/mol. The van der Waals surface area contributed by atoms with Crippen LogP contribution in [0.3, 0.4) is 0 Å². The van der Waals surface area contributed by atoms with E-state index in [2.05, 4.69) is 74.4 Å². The van der Waals surface area contributed by atoms with Crippen molar-refractivity contribution in [2.75, 3.05) is 14.1 Å². The first kappa shape index (κ1) is 21.0.